The molecule has 1 aromatic rings. The van der Waals surface area contributed by atoms with Crippen LogP contribution in [0.25, 0.3) is 0 Å². The van der Waals surface area contributed by atoms with Crippen LogP contribution < -0.4 is 5.73 Å². The van der Waals surface area contributed by atoms with Crippen molar-refractivity contribution in [2.24, 2.45) is 11.7 Å². The van der Waals surface area contributed by atoms with Crippen molar-refractivity contribution in [1.29, 1.82) is 0 Å². The molecule has 1 saturated heterocycles. The summed E-state index contributed by atoms with van der Waals surface area (Å²) < 4.78 is 18.5. The molecule has 0 aromatic heterocycles. The Bertz CT molecular complexity index is 405. The van der Waals surface area contributed by atoms with Crippen LogP contribution in [0.2, 0.25) is 0 Å². The molecular formula is C15H20FNO. The fourth-order valence-corrected chi connectivity index (χ4v) is 3.41. The number of benzene rings is 1. The zero-order valence-electron chi connectivity index (χ0n) is 10.6. The molecule has 1 saturated carbocycles. The lowest BCUT2D eigenvalue weighted by molar-refractivity contribution is -0.0984. The van der Waals surface area contributed by atoms with Crippen molar-refractivity contribution in [3.63, 3.8) is 0 Å². The maximum Gasteiger partial charge on any atom is 0.123 e. The lowest BCUT2D eigenvalue weighted by atomic mass is 9.63. The first-order chi connectivity index (χ1) is 8.71. The zero-order valence-corrected chi connectivity index (χ0v) is 10.6. The van der Waals surface area contributed by atoms with Crippen LogP contribution in [-0.2, 0) is 10.2 Å². The second-order valence-corrected chi connectivity index (χ2v) is 5.77. The molecular weight excluding hydrogens is 229 g/mol. The smallest absolute Gasteiger partial charge is 0.123 e. The van der Waals surface area contributed by atoms with Crippen LogP contribution in [0.1, 0.15) is 31.2 Å². The fourth-order valence-electron chi connectivity index (χ4n) is 3.41. The highest BCUT2D eigenvalue weighted by Gasteiger charge is 2.47. The van der Waals surface area contributed by atoms with Gasteiger partial charge in [0.15, 0.2) is 0 Å². The third-order valence-corrected chi connectivity index (χ3v) is 4.69. The molecule has 1 aliphatic carbocycles. The van der Waals surface area contributed by atoms with E-state index in [9.17, 15) is 4.39 Å². The van der Waals surface area contributed by atoms with Gasteiger partial charge in [-0.15, -0.1) is 0 Å². The average molecular weight is 249 g/mol. The van der Waals surface area contributed by atoms with Crippen molar-refractivity contribution in [3.05, 3.63) is 35.6 Å². The number of hydrogen-bond acceptors (Lipinski definition) is 2. The van der Waals surface area contributed by atoms with E-state index >= 15 is 0 Å². The van der Waals surface area contributed by atoms with Gasteiger partial charge in [0.25, 0.3) is 0 Å². The van der Waals surface area contributed by atoms with Crippen LogP contribution in [0.4, 0.5) is 4.39 Å². The number of nitrogens with two attached hydrogens (primary N) is 1. The maximum absolute atomic E-state index is 13.0. The highest BCUT2D eigenvalue weighted by molar-refractivity contribution is 5.30. The van der Waals surface area contributed by atoms with Gasteiger partial charge in [0.1, 0.15) is 5.82 Å². The summed E-state index contributed by atoms with van der Waals surface area (Å²) in [7, 11) is 0. The van der Waals surface area contributed by atoms with E-state index in [4.69, 9.17) is 10.5 Å². The van der Waals surface area contributed by atoms with Gasteiger partial charge >= 0.3 is 0 Å². The van der Waals surface area contributed by atoms with Gasteiger partial charge < -0.3 is 10.5 Å². The molecule has 2 fully saturated rings. The van der Waals surface area contributed by atoms with Crippen LogP contribution in [0.15, 0.2) is 24.3 Å². The van der Waals surface area contributed by atoms with Crippen molar-refractivity contribution in [2.45, 2.75) is 37.1 Å². The first-order valence-corrected chi connectivity index (χ1v) is 6.80. The van der Waals surface area contributed by atoms with Crippen LogP contribution in [0.5, 0.6) is 0 Å². The lowest BCUT2D eigenvalue weighted by Gasteiger charge is -2.49. The molecule has 0 unspecified atom stereocenters. The van der Waals surface area contributed by atoms with Crippen molar-refractivity contribution >= 4 is 0 Å². The monoisotopic (exact) mass is 249 g/mol. The Morgan fingerprint density at radius 3 is 2.17 bits per heavy atom. The molecule has 2 aliphatic rings. The predicted molar refractivity (Wildman–Crippen MR) is 68.8 cm³/mol. The Morgan fingerprint density at radius 2 is 1.67 bits per heavy atom. The Kier molecular flexibility index (Phi) is 3.12. The third kappa shape index (κ3) is 1.95. The molecule has 1 aromatic carbocycles. The summed E-state index contributed by atoms with van der Waals surface area (Å²) >= 11 is 0. The molecule has 0 spiro atoms. The fraction of sp³-hybridized carbons (Fsp3) is 0.600. The van der Waals surface area contributed by atoms with E-state index in [0.717, 1.165) is 26.1 Å². The van der Waals surface area contributed by atoms with Gasteiger partial charge in [0.2, 0.25) is 0 Å². The summed E-state index contributed by atoms with van der Waals surface area (Å²) in [6.45, 7) is 1.55. The Labute approximate surface area is 107 Å². The second-order valence-electron chi connectivity index (χ2n) is 5.77. The summed E-state index contributed by atoms with van der Waals surface area (Å²) in [6.07, 6.45) is 4.55. The summed E-state index contributed by atoms with van der Waals surface area (Å²) in [4.78, 5) is 0. The molecule has 3 heteroatoms. The summed E-state index contributed by atoms with van der Waals surface area (Å²) in [5.74, 6) is 0.469. The molecule has 3 rings (SSSR count). The number of halogens is 1. The van der Waals surface area contributed by atoms with Crippen molar-refractivity contribution < 1.29 is 9.13 Å². The van der Waals surface area contributed by atoms with Crippen LogP contribution >= 0.6 is 0 Å². The normalized spacial score (nSPS) is 30.8. The topological polar surface area (TPSA) is 35.2 Å². The predicted octanol–water partition coefficient (Wildman–Crippen LogP) is 2.61. The third-order valence-electron chi connectivity index (χ3n) is 4.69. The van der Waals surface area contributed by atoms with Gasteiger partial charge in [0.05, 0.1) is 13.2 Å². The van der Waals surface area contributed by atoms with Crippen LogP contribution in [0.3, 0.4) is 0 Å². The molecule has 2 N–H and O–H groups in total. The largest absolute Gasteiger partial charge is 0.379 e. The summed E-state index contributed by atoms with van der Waals surface area (Å²) in [5.41, 5.74) is 7.33. The SMILES string of the molecule is NC1CCC(C2(c3ccc(F)cc3)COC2)CC1. The molecule has 0 bridgehead atoms. The van der Waals surface area contributed by atoms with Crippen molar-refractivity contribution in [1.82, 2.24) is 0 Å². The van der Waals surface area contributed by atoms with Gasteiger partial charge in [-0.3, -0.25) is 0 Å². The van der Waals surface area contributed by atoms with Gasteiger partial charge in [-0.05, 0) is 49.3 Å². The van der Waals surface area contributed by atoms with E-state index < -0.39 is 0 Å². The van der Waals surface area contributed by atoms with E-state index in [2.05, 4.69) is 0 Å². The molecule has 18 heavy (non-hydrogen) atoms. The quantitative estimate of drug-likeness (QED) is 0.874. The highest BCUT2D eigenvalue weighted by Crippen LogP contribution is 2.45. The average Bonchev–Trinajstić information content (AvgIpc) is 2.32. The minimum Gasteiger partial charge on any atom is -0.379 e. The van der Waals surface area contributed by atoms with Gasteiger partial charge in [-0.25, -0.2) is 4.39 Å². The maximum atomic E-state index is 13.0. The summed E-state index contributed by atoms with van der Waals surface area (Å²) in [5, 5.41) is 0. The van der Waals surface area contributed by atoms with E-state index in [0.29, 0.717) is 12.0 Å². The Morgan fingerprint density at radius 1 is 1.06 bits per heavy atom. The lowest BCUT2D eigenvalue weighted by Crippen LogP contribution is -2.53. The van der Waals surface area contributed by atoms with Gasteiger partial charge in [-0.2, -0.15) is 0 Å². The van der Waals surface area contributed by atoms with E-state index in [1.807, 2.05) is 12.1 Å². The van der Waals surface area contributed by atoms with Crippen molar-refractivity contribution in [3.8, 4) is 0 Å². The molecule has 1 aliphatic heterocycles. The minimum atomic E-state index is -0.167. The van der Waals surface area contributed by atoms with E-state index in [1.165, 1.54) is 18.4 Å². The van der Waals surface area contributed by atoms with E-state index in [1.54, 1.807) is 12.1 Å². The Hall–Kier alpha value is -0.930. The number of hydrogen-bond donors (Lipinski definition) is 1. The number of rotatable bonds is 2. The highest BCUT2D eigenvalue weighted by atomic mass is 19.1. The minimum absolute atomic E-state index is 0.119. The molecule has 0 amide bonds. The van der Waals surface area contributed by atoms with Gasteiger partial charge in [-0.1, -0.05) is 12.1 Å². The standard InChI is InChI=1S/C15H20FNO/c16-13-5-1-11(2-6-13)15(9-18-10-15)12-3-7-14(17)8-4-12/h1-2,5-6,12,14H,3-4,7-10,17H2. The first-order valence-electron chi connectivity index (χ1n) is 6.80. The number of ether oxygens (including phenoxy) is 1. The van der Waals surface area contributed by atoms with Crippen LogP contribution in [-0.4, -0.2) is 19.3 Å². The molecule has 0 atom stereocenters. The van der Waals surface area contributed by atoms with Crippen LogP contribution in [0, 0.1) is 11.7 Å². The van der Waals surface area contributed by atoms with Crippen molar-refractivity contribution in [2.75, 3.05) is 13.2 Å². The van der Waals surface area contributed by atoms with E-state index in [-0.39, 0.29) is 11.2 Å². The molecule has 2 nitrogen and oxygen atoms in total. The first kappa shape index (κ1) is 12.1. The summed E-state index contributed by atoms with van der Waals surface area (Å²) in [6, 6.07) is 7.33. The molecule has 0 radical (unpaired) electrons. The Balaban J connectivity index is 1.83. The van der Waals surface area contributed by atoms with Gasteiger partial charge in [0, 0.05) is 11.5 Å². The molecule has 98 valence electrons. The zero-order chi connectivity index (χ0) is 12.6. The molecule has 1 heterocycles. The second kappa shape index (κ2) is 4.63.